The van der Waals surface area contributed by atoms with Gasteiger partial charge in [-0.05, 0) is 36.7 Å². The zero-order chi connectivity index (χ0) is 15.5. The molecule has 23 heavy (non-hydrogen) atoms. The summed E-state index contributed by atoms with van der Waals surface area (Å²) in [5.41, 5.74) is 7.07. The molecular weight excluding hydrogens is 373 g/mol. The van der Waals surface area contributed by atoms with Crippen LogP contribution in [0, 0.1) is 0 Å². The molecule has 1 aromatic heterocycles. The minimum Gasteiger partial charge on any atom is -0.344 e. The van der Waals surface area contributed by atoms with Crippen molar-refractivity contribution in [2.45, 2.75) is 23.8 Å². The van der Waals surface area contributed by atoms with E-state index in [4.69, 9.17) is 17.3 Å². The van der Waals surface area contributed by atoms with Crippen molar-refractivity contribution in [2.24, 2.45) is 5.73 Å². The molecule has 1 amide bonds. The fourth-order valence-electron chi connectivity index (χ4n) is 2.40. The number of thioether (sulfide) groups is 1. The summed E-state index contributed by atoms with van der Waals surface area (Å²) in [7, 11) is 0. The van der Waals surface area contributed by atoms with Crippen molar-refractivity contribution in [1.29, 1.82) is 0 Å². The van der Waals surface area contributed by atoms with Crippen LogP contribution >= 0.6 is 47.1 Å². The summed E-state index contributed by atoms with van der Waals surface area (Å²) in [6, 6.07) is 5.83. The van der Waals surface area contributed by atoms with E-state index in [0.29, 0.717) is 23.7 Å². The van der Waals surface area contributed by atoms with Crippen LogP contribution in [0.4, 0.5) is 0 Å². The van der Waals surface area contributed by atoms with E-state index in [1.54, 1.807) is 17.1 Å². The van der Waals surface area contributed by atoms with E-state index < -0.39 is 0 Å². The van der Waals surface area contributed by atoms with Crippen molar-refractivity contribution in [2.75, 3.05) is 12.3 Å². The van der Waals surface area contributed by atoms with E-state index in [2.05, 4.69) is 10.3 Å². The summed E-state index contributed by atoms with van der Waals surface area (Å²) in [6.45, 7) is 0.542. The predicted octanol–water partition coefficient (Wildman–Crippen LogP) is 3.69. The second-order valence-electron chi connectivity index (χ2n) is 5.01. The number of halogens is 2. The Morgan fingerprint density at radius 1 is 1.48 bits per heavy atom. The Hall–Kier alpha value is -0.790. The summed E-state index contributed by atoms with van der Waals surface area (Å²) in [5.74, 6) is 0.845. The van der Waals surface area contributed by atoms with Crippen LogP contribution in [-0.2, 0) is 6.42 Å². The molecule has 0 radical (unpaired) electrons. The van der Waals surface area contributed by atoms with Gasteiger partial charge in [-0.1, -0.05) is 11.6 Å². The maximum absolute atomic E-state index is 12.4. The van der Waals surface area contributed by atoms with E-state index in [0.717, 1.165) is 22.7 Å². The van der Waals surface area contributed by atoms with Crippen molar-refractivity contribution in [3.63, 3.8) is 0 Å². The first-order valence-electron chi connectivity index (χ1n) is 7.05. The molecule has 1 atom stereocenters. The third-order valence-electron chi connectivity index (χ3n) is 3.46. The topological polar surface area (TPSA) is 68.0 Å². The van der Waals surface area contributed by atoms with E-state index >= 15 is 0 Å². The molecule has 8 heteroatoms. The number of carbonyl (C=O) groups excluding carboxylic acids is 1. The molecule has 124 valence electrons. The number of nitrogens with one attached hydrogen (secondary N) is 1. The number of benzene rings is 1. The van der Waals surface area contributed by atoms with Gasteiger partial charge in [0.15, 0.2) is 0 Å². The molecule has 3 N–H and O–H groups in total. The van der Waals surface area contributed by atoms with Gasteiger partial charge in [0.2, 0.25) is 0 Å². The second-order valence-corrected chi connectivity index (χ2v) is 7.53. The number of thiazole rings is 1. The lowest BCUT2D eigenvalue weighted by molar-refractivity contribution is 0.0930. The average Bonchev–Trinajstić information content (AvgIpc) is 2.97. The lowest BCUT2D eigenvalue weighted by Crippen LogP contribution is -2.30. The lowest BCUT2D eigenvalue weighted by atomic mass is 10.0. The smallest absolute Gasteiger partial charge is 0.271 e. The number of hydrogen-bond acceptors (Lipinski definition) is 5. The Morgan fingerprint density at radius 3 is 3.09 bits per heavy atom. The first-order chi connectivity index (χ1) is 10.7. The number of nitrogens with two attached hydrogens (primary N) is 1. The van der Waals surface area contributed by atoms with Gasteiger partial charge in [0.25, 0.3) is 5.91 Å². The highest BCUT2D eigenvalue weighted by molar-refractivity contribution is 7.99. The number of rotatable bonds is 4. The molecule has 1 aliphatic rings. The number of carbonyl (C=O) groups is 1. The largest absolute Gasteiger partial charge is 0.344 e. The molecule has 1 aliphatic heterocycles. The van der Waals surface area contributed by atoms with Gasteiger partial charge in [-0.3, -0.25) is 4.79 Å². The highest BCUT2D eigenvalue weighted by Gasteiger charge is 2.24. The van der Waals surface area contributed by atoms with E-state index in [-0.39, 0.29) is 24.4 Å². The zero-order valence-electron chi connectivity index (χ0n) is 12.3. The SMILES string of the molecule is Cl.NCCc1nc(C(=O)NC2CCSc3ccc(Cl)cc32)cs1. The highest BCUT2D eigenvalue weighted by atomic mass is 35.5. The molecule has 0 saturated heterocycles. The standard InChI is InChI=1S/C15H16ClN3OS2.ClH/c16-9-1-2-13-10(7-9)11(4-6-21-13)19-15(20)12-8-22-14(18-12)3-5-17;/h1-2,7-8,11H,3-6,17H2,(H,19,20);1H. The molecule has 0 aliphatic carbocycles. The summed E-state index contributed by atoms with van der Waals surface area (Å²) in [6.07, 6.45) is 1.60. The quantitative estimate of drug-likeness (QED) is 0.836. The maximum atomic E-state index is 12.4. The molecule has 3 rings (SSSR count). The van der Waals surface area contributed by atoms with Crippen LogP contribution < -0.4 is 11.1 Å². The van der Waals surface area contributed by atoms with Crippen LogP contribution in [0.25, 0.3) is 0 Å². The summed E-state index contributed by atoms with van der Waals surface area (Å²) in [4.78, 5) is 17.9. The van der Waals surface area contributed by atoms with E-state index in [9.17, 15) is 4.79 Å². The monoisotopic (exact) mass is 389 g/mol. The van der Waals surface area contributed by atoms with Crippen LogP contribution in [0.3, 0.4) is 0 Å². The number of fused-ring (bicyclic) bond motifs is 1. The Balaban J connectivity index is 0.00000192. The molecule has 1 unspecified atom stereocenters. The van der Waals surface area contributed by atoms with Crippen molar-refractivity contribution in [3.8, 4) is 0 Å². The minimum absolute atomic E-state index is 0. The van der Waals surface area contributed by atoms with Crippen LogP contribution in [0.5, 0.6) is 0 Å². The molecule has 2 heterocycles. The van der Waals surface area contributed by atoms with Crippen LogP contribution in [0.1, 0.15) is 33.5 Å². The van der Waals surface area contributed by atoms with Crippen molar-refractivity contribution in [3.05, 3.63) is 44.9 Å². The third-order valence-corrected chi connectivity index (χ3v) is 5.73. The van der Waals surface area contributed by atoms with E-state index in [1.807, 2.05) is 18.2 Å². The van der Waals surface area contributed by atoms with Crippen LogP contribution in [-0.4, -0.2) is 23.2 Å². The Kier molecular flexibility index (Phi) is 6.73. The molecule has 0 spiro atoms. The van der Waals surface area contributed by atoms with Gasteiger partial charge in [0, 0.05) is 27.5 Å². The van der Waals surface area contributed by atoms with Crippen molar-refractivity contribution < 1.29 is 4.79 Å². The van der Waals surface area contributed by atoms with Gasteiger partial charge in [0.05, 0.1) is 11.0 Å². The number of hydrogen-bond donors (Lipinski definition) is 2. The maximum Gasteiger partial charge on any atom is 0.271 e. The molecule has 0 saturated carbocycles. The molecule has 0 bridgehead atoms. The molecule has 2 aromatic rings. The van der Waals surface area contributed by atoms with E-state index in [1.165, 1.54) is 16.2 Å². The van der Waals surface area contributed by atoms with Gasteiger partial charge >= 0.3 is 0 Å². The fraction of sp³-hybridized carbons (Fsp3) is 0.333. The highest BCUT2D eigenvalue weighted by Crippen LogP contribution is 2.37. The predicted molar refractivity (Wildman–Crippen MR) is 99.1 cm³/mol. The van der Waals surface area contributed by atoms with Crippen LogP contribution in [0.15, 0.2) is 28.5 Å². The zero-order valence-corrected chi connectivity index (χ0v) is 15.5. The number of amides is 1. The van der Waals surface area contributed by atoms with Crippen molar-refractivity contribution >= 4 is 53.0 Å². The Morgan fingerprint density at radius 2 is 2.30 bits per heavy atom. The van der Waals surface area contributed by atoms with Gasteiger partial charge in [-0.15, -0.1) is 35.5 Å². The van der Waals surface area contributed by atoms with Crippen molar-refractivity contribution in [1.82, 2.24) is 10.3 Å². The summed E-state index contributed by atoms with van der Waals surface area (Å²) < 4.78 is 0. The molecule has 0 fully saturated rings. The van der Waals surface area contributed by atoms with Gasteiger partial charge in [-0.25, -0.2) is 4.98 Å². The van der Waals surface area contributed by atoms with Gasteiger partial charge in [-0.2, -0.15) is 0 Å². The average molecular weight is 390 g/mol. The fourth-order valence-corrected chi connectivity index (χ4v) is 4.48. The Bertz CT molecular complexity index is 693. The first-order valence-corrected chi connectivity index (χ1v) is 9.29. The van der Waals surface area contributed by atoms with Crippen LogP contribution in [0.2, 0.25) is 5.02 Å². The normalized spacial score (nSPS) is 16.3. The van der Waals surface area contributed by atoms with Gasteiger partial charge in [0.1, 0.15) is 5.69 Å². The van der Waals surface area contributed by atoms with Gasteiger partial charge < -0.3 is 11.1 Å². The molecule has 1 aromatic carbocycles. The lowest BCUT2D eigenvalue weighted by Gasteiger charge is -2.25. The number of nitrogens with zero attached hydrogens (tertiary/aromatic N) is 1. The third kappa shape index (κ3) is 4.39. The minimum atomic E-state index is -0.137. The first kappa shape index (κ1) is 18.5. The number of aromatic nitrogens is 1. The molecular formula is C15H17Cl2N3OS2. The second kappa shape index (κ2) is 8.35. The Labute approximate surface area is 154 Å². The molecule has 4 nitrogen and oxygen atoms in total. The summed E-state index contributed by atoms with van der Waals surface area (Å²) in [5, 5.41) is 6.46. The summed E-state index contributed by atoms with van der Waals surface area (Å²) >= 11 is 9.36.